The number of methoxy groups -OCH3 is 3. The van der Waals surface area contributed by atoms with E-state index in [9.17, 15) is 5.11 Å². The number of hydrogen-bond acceptors (Lipinski definition) is 6. The number of nitrogens with one attached hydrogen (secondary N) is 1. The molecule has 1 saturated heterocycles. The summed E-state index contributed by atoms with van der Waals surface area (Å²) in [5.41, 5.74) is 5.34. The van der Waals surface area contributed by atoms with Crippen molar-refractivity contribution in [1.82, 2.24) is 10.2 Å². The predicted octanol–water partition coefficient (Wildman–Crippen LogP) is 4.64. The van der Waals surface area contributed by atoms with Gasteiger partial charge in [0.25, 0.3) is 0 Å². The second kappa shape index (κ2) is 9.67. The van der Waals surface area contributed by atoms with Crippen LogP contribution in [0.25, 0.3) is 0 Å². The number of fused-ring (bicyclic) bond motifs is 4. The minimum atomic E-state index is 0.241. The van der Waals surface area contributed by atoms with Gasteiger partial charge in [0.2, 0.25) is 0 Å². The topological polar surface area (TPSA) is 63.2 Å². The molecule has 0 saturated carbocycles. The van der Waals surface area contributed by atoms with E-state index in [4.69, 9.17) is 14.2 Å². The van der Waals surface area contributed by atoms with Crippen molar-refractivity contribution < 1.29 is 19.3 Å². The molecule has 0 spiro atoms. The third kappa shape index (κ3) is 4.11. The number of piperidine rings is 1. The van der Waals surface area contributed by atoms with Crippen LogP contribution in [-0.2, 0) is 12.8 Å². The lowest BCUT2D eigenvalue weighted by atomic mass is 9.72. The van der Waals surface area contributed by atoms with E-state index in [1.165, 1.54) is 28.7 Å². The fraction of sp³-hybridized carbons (Fsp3) is 0.571. The lowest BCUT2D eigenvalue weighted by Crippen LogP contribution is -2.46. The van der Waals surface area contributed by atoms with Crippen LogP contribution < -0.4 is 19.5 Å². The van der Waals surface area contributed by atoms with Gasteiger partial charge >= 0.3 is 0 Å². The summed E-state index contributed by atoms with van der Waals surface area (Å²) in [5.74, 6) is 3.76. The molecular weight excluding hydrogens is 428 g/mol. The van der Waals surface area contributed by atoms with Crippen LogP contribution >= 0.6 is 0 Å². The maximum Gasteiger partial charge on any atom is 0.161 e. The van der Waals surface area contributed by atoms with E-state index in [2.05, 4.69) is 29.3 Å². The Hall–Kier alpha value is -2.44. The Morgan fingerprint density at radius 2 is 1.62 bits per heavy atom. The quantitative estimate of drug-likeness (QED) is 0.647. The standard InChI is InChI=1S/C28H38N2O4/c1-5-17-16-30-9-7-19-13-27(33-3)28(34-4)15-22(19)24(30)11-20(17)10-23-21-14-26(32-2)25(31)12-18(21)6-8-29-23/h12-15,17,20,23-24,29,31H,5-11,16H2,1-4H3/t17-,20+,23+,24+/m1/s1. The molecule has 5 rings (SSSR count). The third-order valence-electron chi connectivity index (χ3n) is 8.44. The Kier molecular flexibility index (Phi) is 6.63. The Labute approximate surface area is 203 Å². The van der Waals surface area contributed by atoms with E-state index in [-0.39, 0.29) is 11.8 Å². The Morgan fingerprint density at radius 1 is 0.912 bits per heavy atom. The maximum absolute atomic E-state index is 10.3. The van der Waals surface area contributed by atoms with Crippen molar-refractivity contribution in [2.45, 2.75) is 51.1 Å². The number of rotatable bonds is 6. The summed E-state index contributed by atoms with van der Waals surface area (Å²) in [4.78, 5) is 2.70. The molecule has 2 N–H and O–H groups in total. The van der Waals surface area contributed by atoms with Gasteiger partial charge in [-0.1, -0.05) is 13.3 Å². The molecule has 34 heavy (non-hydrogen) atoms. The molecule has 3 heterocycles. The van der Waals surface area contributed by atoms with Crippen LogP contribution in [-0.4, -0.2) is 51.0 Å². The van der Waals surface area contributed by atoms with Crippen molar-refractivity contribution in [3.8, 4) is 23.0 Å². The van der Waals surface area contributed by atoms with E-state index in [0.29, 0.717) is 23.6 Å². The van der Waals surface area contributed by atoms with E-state index in [1.807, 2.05) is 12.1 Å². The van der Waals surface area contributed by atoms with Gasteiger partial charge in [-0.05, 0) is 90.6 Å². The second-order valence-electron chi connectivity index (χ2n) is 10.0. The Balaban J connectivity index is 1.43. The number of hydrogen-bond donors (Lipinski definition) is 2. The van der Waals surface area contributed by atoms with Crippen LogP contribution in [0.4, 0.5) is 0 Å². The number of aromatic hydroxyl groups is 1. The number of nitrogens with zero attached hydrogens (tertiary/aromatic N) is 1. The molecule has 0 radical (unpaired) electrons. The molecule has 3 aliphatic heterocycles. The van der Waals surface area contributed by atoms with Gasteiger partial charge in [-0.2, -0.15) is 0 Å². The van der Waals surface area contributed by atoms with Crippen LogP contribution in [0.5, 0.6) is 23.0 Å². The Morgan fingerprint density at radius 3 is 2.35 bits per heavy atom. The lowest BCUT2D eigenvalue weighted by molar-refractivity contribution is 0.0434. The van der Waals surface area contributed by atoms with E-state index >= 15 is 0 Å². The minimum Gasteiger partial charge on any atom is -0.504 e. The summed E-state index contributed by atoms with van der Waals surface area (Å²) in [7, 11) is 5.06. The number of phenols is 1. The van der Waals surface area contributed by atoms with Gasteiger partial charge in [-0.15, -0.1) is 0 Å². The van der Waals surface area contributed by atoms with Crippen molar-refractivity contribution in [2.24, 2.45) is 11.8 Å². The predicted molar refractivity (Wildman–Crippen MR) is 133 cm³/mol. The van der Waals surface area contributed by atoms with Gasteiger partial charge in [0.1, 0.15) is 0 Å². The zero-order chi connectivity index (χ0) is 23.8. The van der Waals surface area contributed by atoms with E-state index in [0.717, 1.165) is 56.8 Å². The molecule has 1 fully saturated rings. The highest BCUT2D eigenvalue weighted by Gasteiger charge is 2.40. The first kappa shape index (κ1) is 23.3. The van der Waals surface area contributed by atoms with Gasteiger partial charge in [0.05, 0.1) is 21.3 Å². The summed E-state index contributed by atoms with van der Waals surface area (Å²) >= 11 is 0. The molecule has 184 valence electrons. The van der Waals surface area contributed by atoms with Crippen molar-refractivity contribution in [1.29, 1.82) is 0 Å². The molecule has 2 aromatic rings. The fourth-order valence-electron chi connectivity index (χ4n) is 6.59. The first-order valence-corrected chi connectivity index (χ1v) is 12.7. The lowest BCUT2D eigenvalue weighted by Gasteiger charge is -2.48. The molecule has 2 aromatic carbocycles. The second-order valence-corrected chi connectivity index (χ2v) is 10.0. The number of benzene rings is 2. The van der Waals surface area contributed by atoms with Gasteiger partial charge in [0.15, 0.2) is 23.0 Å². The minimum absolute atomic E-state index is 0.241. The molecular formula is C28H38N2O4. The molecule has 3 aliphatic rings. The first-order valence-electron chi connectivity index (χ1n) is 12.7. The van der Waals surface area contributed by atoms with Crippen LogP contribution in [0.15, 0.2) is 24.3 Å². The SMILES string of the molecule is CC[C@@H]1CN2CCc3cc(OC)c(OC)cc3[C@@H]2C[C@@H]1C[C@@H]1NCCc2cc(O)c(OC)cc21. The van der Waals surface area contributed by atoms with Crippen LogP contribution in [0, 0.1) is 11.8 Å². The monoisotopic (exact) mass is 466 g/mol. The van der Waals surface area contributed by atoms with E-state index in [1.54, 1.807) is 21.3 Å². The normalized spacial score (nSPS) is 26.2. The molecule has 6 heteroatoms. The summed E-state index contributed by atoms with van der Waals surface area (Å²) < 4.78 is 16.7. The van der Waals surface area contributed by atoms with Gasteiger partial charge in [-0.25, -0.2) is 0 Å². The zero-order valence-corrected chi connectivity index (χ0v) is 20.9. The highest BCUT2D eigenvalue weighted by Crippen LogP contribution is 2.47. The average molecular weight is 467 g/mol. The van der Waals surface area contributed by atoms with Gasteiger partial charge in [-0.3, -0.25) is 4.90 Å². The van der Waals surface area contributed by atoms with Crippen LogP contribution in [0.1, 0.15) is 60.5 Å². The summed E-state index contributed by atoms with van der Waals surface area (Å²) in [5, 5.41) is 14.1. The summed E-state index contributed by atoms with van der Waals surface area (Å²) in [6, 6.07) is 9.06. The number of phenolic OH excluding ortho intramolecular Hbond substituents is 1. The zero-order valence-electron chi connectivity index (χ0n) is 20.9. The first-order chi connectivity index (χ1) is 16.6. The number of ether oxygens (including phenoxy) is 3. The van der Waals surface area contributed by atoms with E-state index < -0.39 is 0 Å². The van der Waals surface area contributed by atoms with Gasteiger partial charge in [0, 0.05) is 25.2 Å². The van der Waals surface area contributed by atoms with Crippen LogP contribution in [0.3, 0.4) is 0 Å². The maximum atomic E-state index is 10.3. The largest absolute Gasteiger partial charge is 0.504 e. The molecule has 0 bridgehead atoms. The summed E-state index contributed by atoms with van der Waals surface area (Å²) in [6.45, 7) is 5.55. The van der Waals surface area contributed by atoms with Crippen LogP contribution in [0.2, 0.25) is 0 Å². The average Bonchev–Trinajstić information content (AvgIpc) is 2.87. The fourth-order valence-corrected chi connectivity index (χ4v) is 6.59. The van der Waals surface area contributed by atoms with Gasteiger partial charge < -0.3 is 24.6 Å². The molecule has 0 amide bonds. The molecule has 6 nitrogen and oxygen atoms in total. The highest BCUT2D eigenvalue weighted by atomic mass is 16.5. The summed E-state index contributed by atoms with van der Waals surface area (Å²) in [6.07, 6.45) is 5.46. The Bertz CT molecular complexity index is 1040. The smallest absolute Gasteiger partial charge is 0.161 e. The van der Waals surface area contributed by atoms with Crippen molar-refractivity contribution in [3.05, 3.63) is 46.5 Å². The van der Waals surface area contributed by atoms with Crippen molar-refractivity contribution >= 4 is 0 Å². The molecule has 4 atom stereocenters. The molecule has 0 unspecified atom stereocenters. The van der Waals surface area contributed by atoms with Crippen molar-refractivity contribution in [2.75, 3.05) is 41.0 Å². The third-order valence-corrected chi connectivity index (χ3v) is 8.44. The van der Waals surface area contributed by atoms with Crippen molar-refractivity contribution in [3.63, 3.8) is 0 Å². The highest BCUT2D eigenvalue weighted by molar-refractivity contribution is 5.50. The molecule has 0 aliphatic carbocycles. The molecule has 0 aromatic heterocycles.